The third kappa shape index (κ3) is 3.18. The summed E-state index contributed by atoms with van der Waals surface area (Å²) in [5.74, 6) is 0.210. The zero-order valence-electron chi connectivity index (χ0n) is 18.0. The normalized spacial score (nSPS) is 16.2. The average molecular weight is 447 g/mol. The molecule has 0 bridgehead atoms. The summed E-state index contributed by atoms with van der Waals surface area (Å²) in [5.41, 5.74) is 1.88. The molecule has 10 heteroatoms. The molecule has 1 atom stereocenters. The lowest BCUT2D eigenvalue weighted by atomic mass is 10.0. The van der Waals surface area contributed by atoms with Crippen LogP contribution in [0.15, 0.2) is 48.8 Å². The first kappa shape index (κ1) is 20.6. The Kier molecular flexibility index (Phi) is 4.97. The highest BCUT2D eigenvalue weighted by molar-refractivity contribution is 6.18. The Morgan fingerprint density at radius 2 is 1.94 bits per heavy atom. The number of para-hydroxylation sites is 1. The van der Waals surface area contributed by atoms with E-state index < -0.39 is 6.17 Å². The zero-order chi connectivity index (χ0) is 23.1. The molecule has 2 aromatic carbocycles. The van der Waals surface area contributed by atoms with E-state index in [9.17, 15) is 14.4 Å². The van der Waals surface area contributed by atoms with E-state index in [1.807, 2.05) is 0 Å². The zero-order valence-corrected chi connectivity index (χ0v) is 18.0. The van der Waals surface area contributed by atoms with Crippen LogP contribution in [0.1, 0.15) is 38.9 Å². The number of ether oxygens (including phenoxy) is 2. The van der Waals surface area contributed by atoms with E-state index in [1.54, 1.807) is 52.4 Å². The maximum Gasteiger partial charge on any atom is 0.264 e. The molecule has 5 rings (SSSR count). The molecule has 2 aliphatic heterocycles. The summed E-state index contributed by atoms with van der Waals surface area (Å²) in [6, 6.07) is 10.4. The van der Waals surface area contributed by atoms with E-state index >= 15 is 0 Å². The van der Waals surface area contributed by atoms with Gasteiger partial charge in [-0.3, -0.25) is 24.6 Å². The fourth-order valence-corrected chi connectivity index (χ4v) is 4.40. The van der Waals surface area contributed by atoms with Gasteiger partial charge in [-0.05, 0) is 18.2 Å². The summed E-state index contributed by atoms with van der Waals surface area (Å²) in [7, 11) is 2.97. The third-order valence-electron chi connectivity index (χ3n) is 5.82. The third-order valence-corrected chi connectivity index (χ3v) is 5.82. The number of imidazole rings is 1. The van der Waals surface area contributed by atoms with Gasteiger partial charge in [-0.1, -0.05) is 18.2 Å². The Labute approximate surface area is 189 Å². The molecule has 0 saturated carbocycles. The number of carbonyl (C=O) groups excluding carboxylic acids is 3. The van der Waals surface area contributed by atoms with E-state index in [0.29, 0.717) is 39.8 Å². The molecule has 0 saturated heterocycles. The molecule has 0 spiro atoms. The Balaban J connectivity index is 1.55. The molecule has 1 aromatic heterocycles. The summed E-state index contributed by atoms with van der Waals surface area (Å²) in [4.78, 5) is 49.4. The van der Waals surface area contributed by atoms with Crippen molar-refractivity contribution in [3.8, 4) is 11.5 Å². The fraction of sp³-hybridized carbons (Fsp3) is 0.217. The van der Waals surface area contributed by atoms with Crippen molar-refractivity contribution in [2.45, 2.75) is 12.6 Å². The van der Waals surface area contributed by atoms with Crippen LogP contribution < -0.4 is 19.7 Å². The van der Waals surface area contributed by atoms with Gasteiger partial charge >= 0.3 is 0 Å². The number of hydrogen-bond donors (Lipinski definition) is 2. The Morgan fingerprint density at radius 3 is 2.67 bits per heavy atom. The van der Waals surface area contributed by atoms with E-state index in [1.165, 1.54) is 20.4 Å². The van der Waals surface area contributed by atoms with E-state index in [2.05, 4.69) is 15.3 Å². The number of nitrogens with zero attached hydrogens (tertiary/aromatic N) is 3. The van der Waals surface area contributed by atoms with Gasteiger partial charge in [0, 0.05) is 30.9 Å². The van der Waals surface area contributed by atoms with Crippen LogP contribution in [-0.4, -0.2) is 53.4 Å². The molecule has 33 heavy (non-hydrogen) atoms. The molecular weight excluding hydrogens is 426 g/mol. The number of benzene rings is 2. The van der Waals surface area contributed by atoms with Crippen molar-refractivity contribution in [2.24, 2.45) is 0 Å². The van der Waals surface area contributed by atoms with Crippen LogP contribution in [0.25, 0.3) is 0 Å². The number of nitrogens with one attached hydrogen (secondary N) is 2. The number of amides is 3. The first-order chi connectivity index (χ1) is 16.0. The molecule has 2 aliphatic rings. The average Bonchev–Trinajstić information content (AvgIpc) is 3.44. The number of aromatic nitrogens is 2. The maximum atomic E-state index is 13.6. The Hall–Kier alpha value is -4.34. The van der Waals surface area contributed by atoms with Crippen molar-refractivity contribution in [1.82, 2.24) is 14.9 Å². The van der Waals surface area contributed by atoms with Crippen LogP contribution in [0, 0.1) is 0 Å². The number of rotatable bonds is 6. The minimum Gasteiger partial charge on any atom is -0.493 e. The molecule has 0 fully saturated rings. The lowest BCUT2D eigenvalue weighted by Crippen LogP contribution is -2.49. The Morgan fingerprint density at radius 1 is 1.12 bits per heavy atom. The quantitative estimate of drug-likeness (QED) is 0.600. The molecule has 3 amide bonds. The number of hydrogen-bond acceptors (Lipinski definition) is 6. The minimum absolute atomic E-state index is 0.0236. The SMILES string of the molecule is COc1ccc2c(c1OC)C(=O)N1c3ccccc3C(=O)N(CCC(=O)Nc3ncc[nH]3)C21. The van der Waals surface area contributed by atoms with E-state index in [-0.39, 0.29) is 30.7 Å². The van der Waals surface area contributed by atoms with Crippen LogP contribution in [-0.2, 0) is 4.79 Å². The van der Waals surface area contributed by atoms with Crippen LogP contribution >= 0.6 is 0 Å². The molecule has 0 aliphatic carbocycles. The summed E-state index contributed by atoms with van der Waals surface area (Å²) in [6.45, 7) is 0.0991. The first-order valence-corrected chi connectivity index (χ1v) is 10.3. The monoisotopic (exact) mass is 447 g/mol. The Bertz CT molecular complexity index is 1260. The summed E-state index contributed by atoms with van der Waals surface area (Å²) in [6.07, 6.45) is 2.45. The number of carbonyl (C=O) groups is 3. The number of anilines is 2. The van der Waals surface area contributed by atoms with Gasteiger partial charge < -0.3 is 19.4 Å². The van der Waals surface area contributed by atoms with E-state index in [4.69, 9.17) is 9.47 Å². The van der Waals surface area contributed by atoms with Crippen molar-refractivity contribution >= 4 is 29.4 Å². The summed E-state index contributed by atoms with van der Waals surface area (Å²) >= 11 is 0. The topological polar surface area (TPSA) is 117 Å². The fourth-order valence-electron chi connectivity index (χ4n) is 4.40. The second-order valence-corrected chi connectivity index (χ2v) is 7.57. The lowest BCUT2D eigenvalue weighted by molar-refractivity contribution is -0.116. The number of aromatic amines is 1. The van der Waals surface area contributed by atoms with Gasteiger partial charge in [0.25, 0.3) is 11.8 Å². The maximum absolute atomic E-state index is 13.6. The smallest absolute Gasteiger partial charge is 0.264 e. The standard InChI is InChI=1S/C23H21N5O5/c1-32-16-8-7-14-18(19(16)33-2)22(31)28-15-6-4-3-5-13(15)21(30)27(20(14)28)12-9-17(29)26-23-24-10-11-25-23/h3-8,10-11,20H,9,12H2,1-2H3,(H2,24,25,26,29). The molecule has 3 aromatic rings. The van der Waals surface area contributed by atoms with Gasteiger partial charge in [0.2, 0.25) is 11.9 Å². The van der Waals surface area contributed by atoms with Crippen LogP contribution in [0.5, 0.6) is 11.5 Å². The summed E-state index contributed by atoms with van der Waals surface area (Å²) < 4.78 is 10.9. The predicted octanol–water partition coefficient (Wildman–Crippen LogP) is 2.57. The van der Waals surface area contributed by atoms with Crippen molar-refractivity contribution in [3.05, 3.63) is 65.5 Å². The minimum atomic E-state index is -0.703. The van der Waals surface area contributed by atoms with Crippen molar-refractivity contribution in [1.29, 1.82) is 0 Å². The second-order valence-electron chi connectivity index (χ2n) is 7.57. The first-order valence-electron chi connectivity index (χ1n) is 10.3. The van der Waals surface area contributed by atoms with Crippen LogP contribution in [0.4, 0.5) is 11.6 Å². The van der Waals surface area contributed by atoms with Crippen molar-refractivity contribution < 1.29 is 23.9 Å². The number of H-pyrrole nitrogens is 1. The van der Waals surface area contributed by atoms with Gasteiger partial charge in [-0.15, -0.1) is 0 Å². The second kappa shape index (κ2) is 7.97. The van der Waals surface area contributed by atoms with Gasteiger partial charge in [0.05, 0.1) is 31.0 Å². The predicted molar refractivity (Wildman–Crippen MR) is 118 cm³/mol. The van der Waals surface area contributed by atoms with Crippen LogP contribution in [0.3, 0.4) is 0 Å². The lowest BCUT2D eigenvalue weighted by Gasteiger charge is -2.40. The molecule has 10 nitrogen and oxygen atoms in total. The molecule has 3 heterocycles. The summed E-state index contributed by atoms with van der Waals surface area (Å²) in [5, 5.41) is 2.66. The molecule has 0 radical (unpaired) electrons. The van der Waals surface area contributed by atoms with Crippen molar-refractivity contribution in [3.63, 3.8) is 0 Å². The number of methoxy groups -OCH3 is 2. The van der Waals surface area contributed by atoms with E-state index in [0.717, 1.165) is 0 Å². The highest BCUT2D eigenvalue weighted by atomic mass is 16.5. The highest BCUT2D eigenvalue weighted by Crippen LogP contribution is 2.49. The molecule has 1 unspecified atom stereocenters. The number of fused-ring (bicyclic) bond motifs is 5. The van der Waals surface area contributed by atoms with Crippen LogP contribution in [0.2, 0.25) is 0 Å². The van der Waals surface area contributed by atoms with Gasteiger partial charge in [-0.2, -0.15) is 0 Å². The van der Waals surface area contributed by atoms with Gasteiger partial charge in [0.1, 0.15) is 6.17 Å². The molecular formula is C23H21N5O5. The largest absolute Gasteiger partial charge is 0.493 e. The van der Waals surface area contributed by atoms with Gasteiger partial charge in [-0.25, -0.2) is 4.98 Å². The van der Waals surface area contributed by atoms with Crippen molar-refractivity contribution in [2.75, 3.05) is 31.0 Å². The van der Waals surface area contributed by atoms with Gasteiger partial charge in [0.15, 0.2) is 11.5 Å². The molecule has 2 N–H and O–H groups in total. The highest BCUT2D eigenvalue weighted by Gasteiger charge is 2.49. The molecule has 168 valence electrons.